The molecule has 13 nitrogen and oxygen atoms in total. The highest BCUT2D eigenvalue weighted by Crippen LogP contribution is 2.43. The van der Waals surface area contributed by atoms with Crippen molar-refractivity contribution in [1.82, 2.24) is 4.57 Å². The summed E-state index contributed by atoms with van der Waals surface area (Å²) in [6.45, 7) is 5.33. The summed E-state index contributed by atoms with van der Waals surface area (Å²) >= 11 is 5.98. The number of Topliss-reactive ketones (excluding diaryl/α,β-unsaturated/α-hetero) is 1. The minimum absolute atomic E-state index is 0.0781. The van der Waals surface area contributed by atoms with Gasteiger partial charge in [-0.25, -0.2) is 0 Å². The van der Waals surface area contributed by atoms with Crippen LogP contribution < -0.4 is 4.74 Å². The Labute approximate surface area is 287 Å². The van der Waals surface area contributed by atoms with Crippen LogP contribution in [0.1, 0.15) is 56.8 Å². The third-order valence-corrected chi connectivity index (χ3v) is 7.92. The molecule has 256 valence electrons. The van der Waals surface area contributed by atoms with Gasteiger partial charge in [-0.05, 0) is 30.2 Å². The third kappa shape index (κ3) is 8.02. The van der Waals surface area contributed by atoms with Gasteiger partial charge in [0.05, 0.1) is 23.9 Å². The molecule has 0 saturated carbocycles. The van der Waals surface area contributed by atoms with Crippen molar-refractivity contribution in [2.45, 2.75) is 65.3 Å². The van der Waals surface area contributed by atoms with Gasteiger partial charge in [0.15, 0.2) is 30.3 Å². The molecule has 5 atom stereocenters. The predicted octanol–water partition coefficient (Wildman–Crippen LogP) is 4.89. The third-order valence-electron chi connectivity index (χ3n) is 7.52. The number of hydrogen-bond acceptors (Lipinski definition) is 13. The van der Waals surface area contributed by atoms with Crippen LogP contribution >= 0.6 is 12.2 Å². The van der Waals surface area contributed by atoms with Crippen molar-refractivity contribution in [3.63, 3.8) is 0 Å². The highest BCUT2D eigenvalue weighted by atomic mass is 32.1. The summed E-state index contributed by atoms with van der Waals surface area (Å²) in [7, 11) is 1.50. The van der Waals surface area contributed by atoms with E-state index in [1.807, 2.05) is 0 Å². The van der Waals surface area contributed by atoms with E-state index in [1.54, 1.807) is 54.6 Å². The summed E-state index contributed by atoms with van der Waals surface area (Å²) in [5, 5.41) is 10.6. The fourth-order valence-electron chi connectivity index (χ4n) is 5.72. The number of ketones is 1. The van der Waals surface area contributed by atoms with Gasteiger partial charge in [0.1, 0.15) is 29.2 Å². The summed E-state index contributed by atoms with van der Waals surface area (Å²) in [6, 6.07) is 17.5. The van der Waals surface area contributed by atoms with Crippen LogP contribution in [0.5, 0.6) is 5.75 Å². The molecule has 49 heavy (non-hydrogen) atoms. The lowest BCUT2D eigenvalue weighted by atomic mass is 9.89. The predicted molar refractivity (Wildman–Crippen MR) is 175 cm³/mol. The average molecular weight is 691 g/mol. The van der Waals surface area contributed by atoms with Gasteiger partial charge in [-0.15, -0.1) is 0 Å². The first-order chi connectivity index (χ1) is 23.3. The zero-order valence-corrected chi connectivity index (χ0v) is 28.4. The maximum absolute atomic E-state index is 13.8. The summed E-state index contributed by atoms with van der Waals surface area (Å²) in [4.78, 5) is 63.1. The quantitative estimate of drug-likeness (QED) is 0.122. The molecule has 2 heterocycles. The lowest BCUT2D eigenvalue weighted by Crippen LogP contribution is -2.60. The van der Waals surface area contributed by atoms with Gasteiger partial charge in [0.25, 0.3) is 0 Å². The Morgan fingerprint density at radius 2 is 1.37 bits per heavy atom. The normalized spacial score (nSPS) is 19.9. The molecule has 1 saturated heterocycles. The van der Waals surface area contributed by atoms with Crippen LogP contribution in [0.25, 0.3) is 22.4 Å². The number of ether oxygens (including phenoxy) is 6. The van der Waals surface area contributed by atoms with Gasteiger partial charge in [-0.2, -0.15) is 5.26 Å². The molecule has 0 aliphatic carbocycles. The van der Waals surface area contributed by atoms with E-state index in [1.165, 1.54) is 18.6 Å². The van der Waals surface area contributed by atoms with Crippen LogP contribution in [0.2, 0.25) is 0 Å². The molecule has 4 rings (SSSR count). The standard InChI is InChI=1S/C35H34N2O11S/c1-18(38)28-29(23-12-14-25(43-6)15-13-23)26(16-36)35(49)37(30(28)24-10-8-7-9-11-24)34-33(47-22(5)42)32(46-21(4)41)31(45-20(3)40)27(48-34)17-44-19(2)39/h7-15,27,31-34H,17H2,1-6H3/t27-,31-,32-,33-,34-/m1/s1. The van der Waals surface area contributed by atoms with Gasteiger partial charge in [0.2, 0.25) is 0 Å². The number of benzene rings is 2. The van der Waals surface area contributed by atoms with Crippen molar-refractivity contribution in [1.29, 1.82) is 5.26 Å². The molecule has 0 radical (unpaired) electrons. The minimum Gasteiger partial charge on any atom is -0.497 e. The molecule has 1 aliphatic rings. The highest BCUT2D eigenvalue weighted by Gasteiger charge is 2.53. The molecular weight excluding hydrogens is 656 g/mol. The van der Waals surface area contributed by atoms with E-state index in [9.17, 15) is 29.2 Å². The van der Waals surface area contributed by atoms with E-state index in [4.69, 9.17) is 40.6 Å². The van der Waals surface area contributed by atoms with E-state index < -0.39 is 66.9 Å². The number of hydrogen-bond donors (Lipinski definition) is 0. The van der Waals surface area contributed by atoms with Crippen molar-refractivity contribution in [2.75, 3.05) is 13.7 Å². The van der Waals surface area contributed by atoms with E-state index in [0.29, 0.717) is 16.9 Å². The average Bonchev–Trinajstić information content (AvgIpc) is 3.05. The molecule has 3 aromatic rings. The Morgan fingerprint density at radius 3 is 1.88 bits per heavy atom. The number of methoxy groups -OCH3 is 1. The number of carbonyl (C=O) groups excluding carboxylic acids is 5. The smallest absolute Gasteiger partial charge is 0.303 e. The van der Waals surface area contributed by atoms with E-state index in [-0.39, 0.29) is 27.0 Å². The van der Waals surface area contributed by atoms with Gasteiger partial charge >= 0.3 is 23.9 Å². The second kappa shape index (κ2) is 15.7. The summed E-state index contributed by atoms with van der Waals surface area (Å²) < 4.78 is 35.1. The van der Waals surface area contributed by atoms with Gasteiger partial charge in [-0.1, -0.05) is 54.7 Å². The Kier molecular flexibility index (Phi) is 11.7. The Bertz CT molecular complexity index is 1870. The molecule has 1 fully saturated rings. The second-order valence-corrected chi connectivity index (χ2v) is 11.4. The zero-order chi connectivity index (χ0) is 36.0. The van der Waals surface area contributed by atoms with E-state index in [0.717, 1.165) is 27.7 Å². The monoisotopic (exact) mass is 690 g/mol. The van der Waals surface area contributed by atoms with Crippen molar-refractivity contribution in [3.8, 4) is 34.2 Å². The SMILES string of the molecule is COc1ccc(-c2c(C(C)=O)c(-c3ccccc3)n([C@@H]3O[C@H](COC(C)=O)[C@@H](OC(C)=O)[C@@H](OC(C)=O)[C@H]3OC(C)=O)c(=S)c2C#N)cc1. The number of esters is 4. The van der Waals surface area contributed by atoms with Crippen LogP contribution in [0, 0.1) is 16.0 Å². The fourth-order valence-corrected chi connectivity index (χ4v) is 6.06. The topological polar surface area (TPSA) is 169 Å². The highest BCUT2D eigenvalue weighted by molar-refractivity contribution is 7.71. The molecule has 0 unspecified atom stereocenters. The fraction of sp³-hybridized carbons (Fsp3) is 0.343. The molecule has 0 N–H and O–H groups in total. The lowest BCUT2D eigenvalue weighted by Gasteiger charge is -2.45. The maximum atomic E-state index is 13.8. The van der Waals surface area contributed by atoms with Gasteiger partial charge < -0.3 is 33.0 Å². The number of aromatic nitrogens is 1. The molecular formula is C35H34N2O11S. The first-order valence-corrected chi connectivity index (χ1v) is 15.4. The zero-order valence-electron chi connectivity index (χ0n) is 27.6. The lowest BCUT2D eigenvalue weighted by molar-refractivity contribution is -0.268. The molecule has 0 amide bonds. The second-order valence-electron chi connectivity index (χ2n) is 11.0. The van der Waals surface area contributed by atoms with Crippen molar-refractivity contribution in [2.24, 2.45) is 0 Å². The van der Waals surface area contributed by atoms with Crippen LogP contribution in [-0.4, -0.2) is 72.4 Å². The minimum atomic E-state index is -1.56. The van der Waals surface area contributed by atoms with Gasteiger partial charge in [-0.3, -0.25) is 24.0 Å². The number of nitriles is 1. The summed E-state index contributed by atoms with van der Waals surface area (Å²) in [6.07, 6.45) is -7.36. The van der Waals surface area contributed by atoms with Gasteiger partial charge in [0, 0.05) is 33.3 Å². The summed E-state index contributed by atoms with van der Waals surface area (Å²) in [5.74, 6) is -3.05. The van der Waals surface area contributed by atoms with Crippen LogP contribution in [0.3, 0.4) is 0 Å². The molecule has 0 bridgehead atoms. The Morgan fingerprint density at radius 1 is 0.796 bits per heavy atom. The number of pyridine rings is 1. The van der Waals surface area contributed by atoms with Crippen LogP contribution in [0.4, 0.5) is 0 Å². The Balaban J connectivity index is 2.16. The molecule has 1 aromatic heterocycles. The van der Waals surface area contributed by atoms with Crippen LogP contribution in [-0.2, 0) is 42.9 Å². The number of nitrogens with zero attached hydrogens (tertiary/aromatic N) is 2. The molecule has 0 spiro atoms. The number of rotatable bonds is 10. The molecule has 14 heteroatoms. The van der Waals surface area contributed by atoms with Crippen molar-refractivity contribution in [3.05, 3.63) is 70.4 Å². The molecule has 1 aliphatic heterocycles. The van der Waals surface area contributed by atoms with Crippen molar-refractivity contribution >= 4 is 41.9 Å². The summed E-state index contributed by atoms with van der Waals surface area (Å²) in [5.41, 5.74) is 1.37. The van der Waals surface area contributed by atoms with Crippen LogP contribution in [0.15, 0.2) is 54.6 Å². The Hall–Kier alpha value is -5.39. The largest absolute Gasteiger partial charge is 0.497 e. The molecule has 2 aromatic carbocycles. The first-order valence-electron chi connectivity index (χ1n) is 15.0. The maximum Gasteiger partial charge on any atom is 0.303 e. The van der Waals surface area contributed by atoms with Crippen molar-refractivity contribution < 1.29 is 52.4 Å². The first kappa shape index (κ1) is 36.4. The van der Waals surface area contributed by atoms with E-state index in [2.05, 4.69) is 6.07 Å². The number of carbonyl (C=O) groups is 5. The van der Waals surface area contributed by atoms with E-state index >= 15 is 0 Å².